The third kappa shape index (κ3) is 6.56. The molecule has 3 aliphatic rings. The number of rotatable bonds is 9. The Morgan fingerprint density at radius 3 is 2.45 bits per heavy atom. The summed E-state index contributed by atoms with van der Waals surface area (Å²) in [7, 11) is 0. The number of fused-ring (bicyclic) bond motifs is 1. The number of aliphatic hydroxyl groups is 3. The Labute approximate surface area is 260 Å². The lowest BCUT2D eigenvalue weighted by Gasteiger charge is -2.47. The van der Waals surface area contributed by atoms with Gasteiger partial charge >= 0.3 is 5.97 Å². The van der Waals surface area contributed by atoms with Gasteiger partial charge in [-0.1, -0.05) is 39.8 Å². The predicted molar refractivity (Wildman–Crippen MR) is 162 cm³/mol. The quantitative estimate of drug-likeness (QED) is 0.203. The van der Waals surface area contributed by atoms with E-state index in [1.54, 1.807) is 20.8 Å². The second-order valence-electron chi connectivity index (χ2n) is 14.2. The second kappa shape index (κ2) is 12.7. The van der Waals surface area contributed by atoms with Gasteiger partial charge in [0.25, 0.3) is 0 Å². The Balaban J connectivity index is 1.39. The molecule has 3 aliphatic heterocycles. The van der Waals surface area contributed by atoms with Crippen molar-refractivity contribution < 1.29 is 49.3 Å². The van der Waals surface area contributed by atoms with Crippen LogP contribution in [-0.2, 0) is 25.4 Å². The first-order valence-corrected chi connectivity index (χ1v) is 15.7. The molecule has 10 atom stereocenters. The second-order valence-corrected chi connectivity index (χ2v) is 14.2. The fourth-order valence-electron chi connectivity index (χ4n) is 6.93. The molecule has 5 N–H and O–H groups in total. The van der Waals surface area contributed by atoms with Gasteiger partial charge in [0.15, 0.2) is 5.78 Å². The first-order valence-electron chi connectivity index (χ1n) is 15.7. The zero-order valence-corrected chi connectivity index (χ0v) is 27.0. The van der Waals surface area contributed by atoms with Crippen molar-refractivity contribution in [2.75, 3.05) is 0 Å². The molecule has 0 spiro atoms. The normalized spacial score (nSPS) is 34.0. The van der Waals surface area contributed by atoms with Crippen LogP contribution >= 0.6 is 0 Å². The number of aliphatic hydroxyl groups excluding tert-OH is 3. The molecule has 4 rings (SSSR count). The number of phenols is 2. The highest BCUT2D eigenvalue weighted by atomic mass is 16.5. The highest BCUT2D eigenvalue weighted by Crippen LogP contribution is 2.43. The lowest BCUT2D eigenvalue weighted by molar-refractivity contribution is -0.190. The van der Waals surface area contributed by atoms with E-state index in [2.05, 4.69) is 6.58 Å². The molecule has 2 saturated heterocycles. The summed E-state index contributed by atoms with van der Waals surface area (Å²) in [6, 6.07) is 1.12. The van der Waals surface area contributed by atoms with Crippen LogP contribution in [0.1, 0.15) is 95.1 Å². The maximum Gasteiger partial charge on any atom is 0.342 e. The summed E-state index contributed by atoms with van der Waals surface area (Å²) >= 11 is 0. The van der Waals surface area contributed by atoms with Crippen LogP contribution in [-0.4, -0.2) is 85.6 Å². The van der Waals surface area contributed by atoms with Crippen molar-refractivity contribution in [1.82, 2.24) is 0 Å². The predicted octanol–water partition coefficient (Wildman–Crippen LogP) is 3.89. The van der Waals surface area contributed by atoms with Gasteiger partial charge in [-0.05, 0) is 38.3 Å². The number of benzene rings is 1. The number of carbonyl (C=O) groups excluding carboxylic acids is 2. The van der Waals surface area contributed by atoms with Crippen LogP contribution in [0, 0.1) is 24.2 Å². The molecule has 0 amide bonds. The van der Waals surface area contributed by atoms with Crippen LogP contribution in [0.3, 0.4) is 0 Å². The molecule has 0 radical (unpaired) electrons. The Bertz CT molecular complexity index is 1270. The number of hydrogen-bond donors (Lipinski definition) is 5. The van der Waals surface area contributed by atoms with Gasteiger partial charge < -0.3 is 39.7 Å². The van der Waals surface area contributed by atoms with Crippen LogP contribution in [0.2, 0.25) is 0 Å². The van der Waals surface area contributed by atoms with Gasteiger partial charge in [0.2, 0.25) is 0 Å². The highest BCUT2D eigenvalue weighted by molar-refractivity contribution is 5.96. The molecule has 0 aliphatic carbocycles. The average Bonchev–Trinajstić information content (AvgIpc) is 2.94. The van der Waals surface area contributed by atoms with Crippen molar-refractivity contribution in [1.29, 1.82) is 0 Å². The van der Waals surface area contributed by atoms with Gasteiger partial charge in [-0.25, -0.2) is 4.79 Å². The summed E-state index contributed by atoms with van der Waals surface area (Å²) in [5.41, 5.74) is 0.159. The molecule has 10 heteroatoms. The van der Waals surface area contributed by atoms with E-state index in [9.17, 15) is 35.1 Å². The molecule has 3 heterocycles. The third-order valence-corrected chi connectivity index (χ3v) is 10.7. The van der Waals surface area contributed by atoms with E-state index in [0.29, 0.717) is 24.0 Å². The van der Waals surface area contributed by atoms with Crippen molar-refractivity contribution >= 4 is 11.8 Å². The number of ether oxygens (including phenoxy) is 3. The van der Waals surface area contributed by atoms with Gasteiger partial charge in [0, 0.05) is 55.4 Å². The van der Waals surface area contributed by atoms with Crippen molar-refractivity contribution in [3.05, 3.63) is 34.9 Å². The summed E-state index contributed by atoms with van der Waals surface area (Å²) < 4.78 is 18.1. The van der Waals surface area contributed by atoms with E-state index in [1.165, 1.54) is 0 Å². The minimum atomic E-state index is -1.33. The van der Waals surface area contributed by atoms with Crippen LogP contribution in [0.15, 0.2) is 18.2 Å². The zero-order chi connectivity index (χ0) is 32.9. The number of ketones is 1. The van der Waals surface area contributed by atoms with E-state index < -0.39 is 59.5 Å². The summed E-state index contributed by atoms with van der Waals surface area (Å²) in [6.07, 6.45) is -3.59. The van der Waals surface area contributed by atoms with Gasteiger partial charge in [-0.15, -0.1) is 0 Å². The maximum absolute atomic E-state index is 13.1. The molecular formula is C34H50O10. The minimum absolute atomic E-state index is 0.0265. The molecule has 1 aromatic rings. The largest absolute Gasteiger partial charge is 0.508 e. The van der Waals surface area contributed by atoms with E-state index in [0.717, 1.165) is 11.6 Å². The van der Waals surface area contributed by atoms with Crippen LogP contribution in [0.4, 0.5) is 0 Å². The fourth-order valence-corrected chi connectivity index (χ4v) is 6.93. The summed E-state index contributed by atoms with van der Waals surface area (Å²) in [5.74, 6) is -1.94. The molecule has 1 aromatic carbocycles. The molecular weight excluding hydrogens is 568 g/mol. The topological polar surface area (TPSA) is 163 Å². The van der Waals surface area contributed by atoms with Crippen molar-refractivity contribution in [2.45, 2.75) is 135 Å². The molecule has 44 heavy (non-hydrogen) atoms. The number of hydrogen-bond acceptors (Lipinski definition) is 10. The molecule has 246 valence electrons. The molecule has 0 saturated carbocycles. The molecule has 10 nitrogen and oxygen atoms in total. The van der Waals surface area contributed by atoms with E-state index in [-0.39, 0.29) is 60.6 Å². The lowest BCUT2D eigenvalue weighted by Crippen LogP contribution is -2.54. The summed E-state index contributed by atoms with van der Waals surface area (Å²) in [6.45, 7) is 16.9. The molecule has 0 bridgehead atoms. The number of phenolic OH excluding ortho intramolecular Hbond substituents is 2. The zero-order valence-electron chi connectivity index (χ0n) is 27.0. The van der Waals surface area contributed by atoms with E-state index >= 15 is 0 Å². The summed E-state index contributed by atoms with van der Waals surface area (Å²) in [4.78, 5) is 25.9. The Morgan fingerprint density at radius 1 is 1.16 bits per heavy atom. The number of esters is 1. The average molecular weight is 619 g/mol. The maximum atomic E-state index is 13.1. The van der Waals surface area contributed by atoms with Gasteiger partial charge in [0.05, 0.1) is 30.5 Å². The molecule has 0 aromatic heterocycles. The Hall–Kier alpha value is -2.50. The number of cyclic esters (lactones) is 1. The molecule has 2 fully saturated rings. The third-order valence-electron chi connectivity index (χ3n) is 10.7. The van der Waals surface area contributed by atoms with Gasteiger partial charge in [0.1, 0.15) is 34.9 Å². The van der Waals surface area contributed by atoms with Crippen LogP contribution < -0.4 is 0 Å². The Morgan fingerprint density at radius 2 is 1.82 bits per heavy atom. The smallest absolute Gasteiger partial charge is 0.342 e. The van der Waals surface area contributed by atoms with Crippen LogP contribution in [0.25, 0.3) is 0 Å². The number of aromatic hydroxyl groups is 2. The van der Waals surface area contributed by atoms with E-state index in [4.69, 9.17) is 14.2 Å². The minimum Gasteiger partial charge on any atom is -0.508 e. The van der Waals surface area contributed by atoms with Crippen molar-refractivity contribution in [3.63, 3.8) is 0 Å². The van der Waals surface area contributed by atoms with Crippen molar-refractivity contribution in [2.24, 2.45) is 17.3 Å². The highest BCUT2D eigenvalue weighted by Gasteiger charge is 2.48. The van der Waals surface area contributed by atoms with Gasteiger partial charge in [-0.3, -0.25) is 4.79 Å². The first kappa shape index (κ1) is 34.4. The Kier molecular flexibility index (Phi) is 9.93. The monoisotopic (exact) mass is 618 g/mol. The van der Waals surface area contributed by atoms with Gasteiger partial charge in [-0.2, -0.15) is 0 Å². The SMILES string of the molecule is C=C1C[C@](C)([C@H](O)C(=O)CC[C@@H]2C[C@@H](O)C(C)(C)[C@@H](C[C@H](O)[C@@H](C)[C@H]3Cc4c(C)c(O)cc(O)c4C(=O)O3)O2)O[C@H](C)[C@@H]1C. The number of Topliss-reactive ketones (excluding diaryl/α,β-unsaturated/α-hetero) is 1. The van der Waals surface area contributed by atoms with E-state index in [1.807, 2.05) is 27.7 Å². The standard InChI is InChI=1S/C34H50O10/c1-16-15-34(8,44-20(5)17(16)2)31(40)23(35)10-9-21-11-28(39)33(6,7)29(42-21)14-25(37)19(4)27-12-22-18(3)24(36)13-26(38)30(22)32(41)43-27/h13,17,19-21,25,27-29,31,36-40H,1,9-12,14-15H2,2-8H3/t17-,19-,20-,21-,25+,27-,28-,29-,31-,34-/m1/s1. The number of carbonyl (C=O) groups is 2. The van der Waals surface area contributed by atoms with Crippen LogP contribution in [0.5, 0.6) is 11.5 Å². The van der Waals surface area contributed by atoms with Crippen molar-refractivity contribution in [3.8, 4) is 11.5 Å². The molecule has 0 unspecified atom stereocenters. The lowest BCUT2D eigenvalue weighted by atomic mass is 9.72. The fraction of sp³-hybridized carbons (Fsp3) is 0.706. The first-order chi connectivity index (χ1) is 20.4. The summed E-state index contributed by atoms with van der Waals surface area (Å²) in [5, 5.41) is 53.7.